The molecule has 1 saturated heterocycles. The number of rotatable bonds is 3. The largest absolute Gasteiger partial charge is 0.327 e. The molecule has 0 aromatic heterocycles. The Morgan fingerprint density at radius 3 is 2.27 bits per heavy atom. The first-order chi connectivity index (χ1) is 7.24. The summed E-state index contributed by atoms with van der Waals surface area (Å²) in [5.41, 5.74) is 7.49. The van der Waals surface area contributed by atoms with E-state index >= 15 is 0 Å². The summed E-state index contributed by atoms with van der Waals surface area (Å²) in [5, 5.41) is 0. The maximum atomic E-state index is 5.58. The van der Waals surface area contributed by atoms with E-state index in [1.807, 2.05) is 0 Å². The molecule has 0 bridgehead atoms. The van der Waals surface area contributed by atoms with Gasteiger partial charge in [-0.1, -0.05) is 19.4 Å². The Morgan fingerprint density at radius 1 is 1.13 bits per heavy atom. The van der Waals surface area contributed by atoms with E-state index in [1.165, 1.54) is 57.2 Å². The summed E-state index contributed by atoms with van der Waals surface area (Å²) >= 11 is 0. The monoisotopic (exact) mass is 208 g/mol. The van der Waals surface area contributed by atoms with Crippen molar-refractivity contribution in [2.75, 3.05) is 26.2 Å². The molecule has 0 atom stereocenters. The van der Waals surface area contributed by atoms with Gasteiger partial charge >= 0.3 is 0 Å². The van der Waals surface area contributed by atoms with Crippen LogP contribution in [0.2, 0.25) is 0 Å². The molecule has 0 amide bonds. The summed E-state index contributed by atoms with van der Waals surface area (Å²) in [6.45, 7) is 8.18. The maximum Gasteiger partial charge on any atom is 0.0202 e. The molecule has 1 spiro atoms. The first kappa shape index (κ1) is 11.2. The molecule has 0 aromatic carbocycles. The van der Waals surface area contributed by atoms with Gasteiger partial charge in [0.2, 0.25) is 0 Å². The third kappa shape index (κ3) is 2.61. The van der Waals surface area contributed by atoms with E-state index in [2.05, 4.69) is 11.5 Å². The Balaban J connectivity index is 1.79. The SMILES string of the molecule is C=C(CN)CN1CCC2(CCCC2)CC1. The van der Waals surface area contributed by atoms with E-state index in [9.17, 15) is 0 Å². The Morgan fingerprint density at radius 2 is 1.73 bits per heavy atom. The van der Waals surface area contributed by atoms with Gasteiger partial charge < -0.3 is 5.73 Å². The molecular formula is C13H24N2. The van der Waals surface area contributed by atoms with Crippen LogP contribution in [0, 0.1) is 5.41 Å². The van der Waals surface area contributed by atoms with Crippen LogP contribution in [0.25, 0.3) is 0 Å². The van der Waals surface area contributed by atoms with E-state index in [0.717, 1.165) is 12.0 Å². The molecule has 2 aliphatic rings. The lowest BCUT2D eigenvalue weighted by Gasteiger charge is -2.39. The highest BCUT2D eigenvalue weighted by molar-refractivity contribution is 5.00. The zero-order valence-corrected chi connectivity index (χ0v) is 9.80. The average molecular weight is 208 g/mol. The summed E-state index contributed by atoms with van der Waals surface area (Å²) in [4.78, 5) is 2.53. The number of hydrogen-bond acceptors (Lipinski definition) is 2. The van der Waals surface area contributed by atoms with Crippen LogP contribution in [0.3, 0.4) is 0 Å². The van der Waals surface area contributed by atoms with Crippen molar-refractivity contribution < 1.29 is 0 Å². The molecule has 1 aliphatic heterocycles. The Labute approximate surface area is 93.5 Å². The predicted molar refractivity (Wildman–Crippen MR) is 64.8 cm³/mol. The second kappa shape index (κ2) is 4.67. The van der Waals surface area contributed by atoms with Crippen molar-refractivity contribution in [1.29, 1.82) is 0 Å². The summed E-state index contributed by atoms with van der Waals surface area (Å²) in [6.07, 6.45) is 8.72. The quantitative estimate of drug-likeness (QED) is 0.720. The van der Waals surface area contributed by atoms with Gasteiger partial charge in [0.1, 0.15) is 0 Å². The molecule has 2 fully saturated rings. The molecule has 0 aromatic rings. The smallest absolute Gasteiger partial charge is 0.0202 e. The first-order valence-corrected chi connectivity index (χ1v) is 6.33. The lowest BCUT2D eigenvalue weighted by molar-refractivity contribution is 0.115. The van der Waals surface area contributed by atoms with Gasteiger partial charge in [0, 0.05) is 13.1 Å². The summed E-state index contributed by atoms with van der Waals surface area (Å²) in [6, 6.07) is 0. The topological polar surface area (TPSA) is 29.3 Å². The third-order valence-corrected chi connectivity index (χ3v) is 4.32. The number of likely N-dealkylation sites (tertiary alicyclic amines) is 1. The van der Waals surface area contributed by atoms with Gasteiger partial charge in [-0.05, 0) is 49.8 Å². The van der Waals surface area contributed by atoms with E-state index in [0.29, 0.717) is 6.54 Å². The molecule has 2 rings (SSSR count). The molecule has 2 nitrogen and oxygen atoms in total. The zero-order valence-electron chi connectivity index (χ0n) is 9.80. The average Bonchev–Trinajstić information content (AvgIpc) is 2.70. The number of piperidine rings is 1. The predicted octanol–water partition coefficient (Wildman–Crippen LogP) is 2.16. The van der Waals surface area contributed by atoms with Crippen molar-refractivity contribution in [2.45, 2.75) is 38.5 Å². The fourth-order valence-electron chi connectivity index (χ4n) is 3.19. The molecule has 1 heterocycles. The van der Waals surface area contributed by atoms with Crippen LogP contribution in [0.4, 0.5) is 0 Å². The molecule has 2 N–H and O–H groups in total. The van der Waals surface area contributed by atoms with Gasteiger partial charge in [0.05, 0.1) is 0 Å². The third-order valence-electron chi connectivity index (χ3n) is 4.32. The Kier molecular flexibility index (Phi) is 3.47. The highest BCUT2D eigenvalue weighted by atomic mass is 15.1. The van der Waals surface area contributed by atoms with Gasteiger partial charge in [-0.2, -0.15) is 0 Å². The maximum absolute atomic E-state index is 5.58. The molecule has 1 saturated carbocycles. The normalized spacial score (nSPS) is 25.9. The number of hydrogen-bond donors (Lipinski definition) is 1. The van der Waals surface area contributed by atoms with Crippen LogP contribution in [-0.4, -0.2) is 31.1 Å². The van der Waals surface area contributed by atoms with Crippen molar-refractivity contribution in [2.24, 2.45) is 11.1 Å². The number of nitrogens with two attached hydrogens (primary N) is 1. The van der Waals surface area contributed by atoms with Gasteiger partial charge in [-0.25, -0.2) is 0 Å². The van der Waals surface area contributed by atoms with Gasteiger partial charge in [-0.3, -0.25) is 4.90 Å². The lowest BCUT2D eigenvalue weighted by atomic mass is 9.77. The summed E-state index contributed by atoms with van der Waals surface area (Å²) < 4.78 is 0. The van der Waals surface area contributed by atoms with E-state index in [4.69, 9.17) is 5.73 Å². The molecular weight excluding hydrogens is 184 g/mol. The molecule has 0 radical (unpaired) electrons. The van der Waals surface area contributed by atoms with Crippen LogP contribution in [-0.2, 0) is 0 Å². The van der Waals surface area contributed by atoms with Gasteiger partial charge in [0.15, 0.2) is 0 Å². The van der Waals surface area contributed by atoms with Crippen LogP contribution in [0.5, 0.6) is 0 Å². The van der Waals surface area contributed by atoms with Gasteiger partial charge in [0.25, 0.3) is 0 Å². The fraction of sp³-hybridized carbons (Fsp3) is 0.846. The lowest BCUT2D eigenvalue weighted by Crippen LogP contribution is -2.40. The van der Waals surface area contributed by atoms with E-state index in [-0.39, 0.29) is 0 Å². The van der Waals surface area contributed by atoms with Crippen LogP contribution in [0.1, 0.15) is 38.5 Å². The van der Waals surface area contributed by atoms with Crippen molar-refractivity contribution in [3.63, 3.8) is 0 Å². The van der Waals surface area contributed by atoms with Crippen LogP contribution in [0.15, 0.2) is 12.2 Å². The van der Waals surface area contributed by atoms with Crippen LogP contribution >= 0.6 is 0 Å². The van der Waals surface area contributed by atoms with Crippen LogP contribution < -0.4 is 5.73 Å². The highest BCUT2D eigenvalue weighted by Crippen LogP contribution is 2.46. The zero-order chi connectivity index (χ0) is 10.7. The minimum Gasteiger partial charge on any atom is -0.327 e. The molecule has 2 heteroatoms. The minimum absolute atomic E-state index is 0.641. The molecule has 1 aliphatic carbocycles. The number of nitrogens with zero attached hydrogens (tertiary/aromatic N) is 1. The minimum atomic E-state index is 0.641. The fourth-order valence-corrected chi connectivity index (χ4v) is 3.19. The van der Waals surface area contributed by atoms with Gasteiger partial charge in [-0.15, -0.1) is 0 Å². The summed E-state index contributed by atoms with van der Waals surface area (Å²) in [5.74, 6) is 0. The standard InChI is InChI=1S/C13H24N2/c1-12(10-14)11-15-8-6-13(7-9-15)4-2-3-5-13/h1-11,14H2. The van der Waals surface area contributed by atoms with Crippen molar-refractivity contribution in [3.05, 3.63) is 12.2 Å². The van der Waals surface area contributed by atoms with Crippen molar-refractivity contribution >= 4 is 0 Å². The molecule has 86 valence electrons. The Bertz CT molecular complexity index is 219. The van der Waals surface area contributed by atoms with Crippen molar-refractivity contribution in [1.82, 2.24) is 4.90 Å². The Hall–Kier alpha value is -0.340. The van der Waals surface area contributed by atoms with E-state index < -0.39 is 0 Å². The highest BCUT2D eigenvalue weighted by Gasteiger charge is 2.36. The van der Waals surface area contributed by atoms with Crippen molar-refractivity contribution in [3.8, 4) is 0 Å². The second-order valence-electron chi connectivity index (χ2n) is 5.44. The molecule has 0 unspecified atom stereocenters. The first-order valence-electron chi connectivity index (χ1n) is 6.33. The molecule has 15 heavy (non-hydrogen) atoms. The van der Waals surface area contributed by atoms with E-state index in [1.54, 1.807) is 0 Å². The summed E-state index contributed by atoms with van der Waals surface area (Å²) in [7, 11) is 0. The second-order valence-corrected chi connectivity index (χ2v) is 5.44.